The predicted octanol–water partition coefficient (Wildman–Crippen LogP) is 2.61. The van der Waals surface area contributed by atoms with Crippen molar-refractivity contribution in [1.82, 2.24) is 5.16 Å². The number of hydrogen-bond donors (Lipinski definition) is 1. The maximum Gasteiger partial charge on any atom is 0.145 e. The van der Waals surface area contributed by atoms with Gasteiger partial charge in [0.15, 0.2) is 0 Å². The van der Waals surface area contributed by atoms with Gasteiger partial charge in [-0.1, -0.05) is 33.2 Å². The van der Waals surface area contributed by atoms with Crippen LogP contribution in [0.25, 0.3) is 11.1 Å². The molecule has 0 bridgehead atoms. The Morgan fingerprint density at radius 2 is 2.00 bits per heavy atom. The molecule has 0 aliphatic heterocycles. The van der Waals surface area contributed by atoms with Crippen molar-refractivity contribution in [2.24, 2.45) is 5.73 Å². The zero-order valence-corrected chi connectivity index (χ0v) is 9.70. The molecule has 4 heteroatoms. The third-order valence-corrected chi connectivity index (χ3v) is 2.70. The fourth-order valence-electron chi connectivity index (χ4n) is 1.44. The summed E-state index contributed by atoms with van der Waals surface area (Å²) < 4.78 is 6.21. The summed E-state index contributed by atoms with van der Waals surface area (Å²) >= 11 is 3.40. The van der Waals surface area contributed by atoms with Crippen LogP contribution in [-0.2, 0) is 6.42 Å². The molecule has 2 aromatic rings. The van der Waals surface area contributed by atoms with Gasteiger partial charge in [-0.2, -0.15) is 0 Å². The summed E-state index contributed by atoms with van der Waals surface area (Å²) in [5.74, 6) is 0.847. The largest absolute Gasteiger partial charge is 0.361 e. The SMILES string of the molecule is NCCc1oncc1-c1ccc(Br)cc1. The van der Waals surface area contributed by atoms with Gasteiger partial charge in [0.2, 0.25) is 0 Å². The summed E-state index contributed by atoms with van der Waals surface area (Å²) in [6.45, 7) is 0.568. The molecule has 0 spiro atoms. The molecule has 3 nitrogen and oxygen atoms in total. The molecule has 1 aromatic heterocycles. The highest BCUT2D eigenvalue weighted by Gasteiger charge is 2.08. The maximum atomic E-state index is 5.50. The van der Waals surface area contributed by atoms with Crippen molar-refractivity contribution in [1.29, 1.82) is 0 Å². The Kier molecular flexibility index (Phi) is 3.18. The lowest BCUT2D eigenvalue weighted by Gasteiger charge is -2.00. The highest BCUT2D eigenvalue weighted by molar-refractivity contribution is 9.10. The highest BCUT2D eigenvalue weighted by atomic mass is 79.9. The van der Waals surface area contributed by atoms with E-state index in [0.717, 1.165) is 21.4 Å². The van der Waals surface area contributed by atoms with Gasteiger partial charge in [-0.3, -0.25) is 0 Å². The van der Waals surface area contributed by atoms with Gasteiger partial charge in [-0.05, 0) is 24.2 Å². The number of nitrogens with zero attached hydrogens (tertiary/aromatic N) is 1. The quantitative estimate of drug-likeness (QED) is 0.929. The Morgan fingerprint density at radius 3 is 2.67 bits per heavy atom. The van der Waals surface area contributed by atoms with E-state index in [1.54, 1.807) is 6.20 Å². The van der Waals surface area contributed by atoms with Gasteiger partial charge in [0.05, 0.1) is 6.20 Å². The average Bonchev–Trinajstić information content (AvgIpc) is 2.68. The van der Waals surface area contributed by atoms with Gasteiger partial charge in [-0.25, -0.2) is 0 Å². The Bertz CT molecular complexity index is 436. The van der Waals surface area contributed by atoms with E-state index < -0.39 is 0 Å². The third-order valence-electron chi connectivity index (χ3n) is 2.17. The van der Waals surface area contributed by atoms with Crippen molar-refractivity contribution in [2.45, 2.75) is 6.42 Å². The van der Waals surface area contributed by atoms with E-state index in [-0.39, 0.29) is 0 Å². The van der Waals surface area contributed by atoms with E-state index in [1.165, 1.54) is 0 Å². The summed E-state index contributed by atoms with van der Waals surface area (Å²) in [7, 11) is 0. The molecule has 1 heterocycles. The molecular formula is C11H11BrN2O. The molecule has 78 valence electrons. The van der Waals surface area contributed by atoms with Crippen LogP contribution in [0.4, 0.5) is 0 Å². The molecule has 0 atom stereocenters. The van der Waals surface area contributed by atoms with E-state index in [9.17, 15) is 0 Å². The number of aromatic nitrogens is 1. The second kappa shape index (κ2) is 4.59. The topological polar surface area (TPSA) is 52.0 Å². The predicted molar refractivity (Wildman–Crippen MR) is 62.4 cm³/mol. The minimum absolute atomic E-state index is 0.568. The molecule has 0 fully saturated rings. The van der Waals surface area contributed by atoms with E-state index >= 15 is 0 Å². The summed E-state index contributed by atoms with van der Waals surface area (Å²) in [6, 6.07) is 8.04. The second-order valence-corrected chi connectivity index (χ2v) is 4.12. The van der Waals surface area contributed by atoms with Crippen LogP contribution in [0, 0.1) is 0 Å². The summed E-state index contributed by atoms with van der Waals surface area (Å²) in [4.78, 5) is 0. The van der Waals surface area contributed by atoms with Crippen LogP contribution in [0.2, 0.25) is 0 Å². The fraction of sp³-hybridized carbons (Fsp3) is 0.182. The molecule has 0 unspecified atom stereocenters. The smallest absolute Gasteiger partial charge is 0.145 e. The van der Waals surface area contributed by atoms with Crippen molar-refractivity contribution in [3.8, 4) is 11.1 Å². The Morgan fingerprint density at radius 1 is 1.27 bits per heavy atom. The van der Waals surface area contributed by atoms with Crippen LogP contribution in [0.15, 0.2) is 39.5 Å². The Hall–Kier alpha value is -1.13. The second-order valence-electron chi connectivity index (χ2n) is 3.21. The number of benzene rings is 1. The average molecular weight is 267 g/mol. The van der Waals surface area contributed by atoms with Crippen molar-refractivity contribution in [3.05, 3.63) is 40.7 Å². The van der Waals surface area contributed by atoms with Crippen LogP contribution < -0.4 is 5.73 Å². The molecule has 2 rings (SSSR count). The first-order chi connectivity index (χ1) is 7.31. The number of halogens is 1. The summed E-state index contributed by atoms with van der Waals surface area (Å²) in [6.07, 6.45) is 2.44. The summed E-state index contributed by atoms with van der Waals surface area (Å²) in [5.41, 5.74) is 7.62. The van der Waals surface area contributed by atoms with E-state index in [1.807, 2.05) is 24.3 Å². The lowest BCUT2D eigenvalue weighted by molar-refractivity contribution is 0.385. The zero-order valence-electron chi connectivity index (χ0n) is 8.11. The van der Waals surface area contributed by atoms with Crippen LogP contribution in [-0.4, -0.2) is 11.7 Å². The number of hydrogen-bond acceptors (Lipinski definition) is 3. The molecule has 2 N–H and O–H groups in total. The minimum atomic E-state index is 0.568. The van der Waals surface area contributed by atoms with E-state index in [0.29, 0.717) is 13.0 Å². The minimum Gasteiger partial charge on any atom is -0.361 e. The first kappa shape index (κ1) is 10.4. The zero-order chi connectivity index (χ0) is 10.7. The van der Waals surface area contributed by atoms with Crippen LogP contribution >= 0.6 is 15.9 Å². The van der Waals surface area contributed by atoms with Gasteiger partial charge in [0.1, 0.15) is 5.76 Å². The number of nitrogens with two attached hydrogens (primary N) is 1. The lowest BCUT2D eigenvalue weighted by Crippen LogP contribution is -2.02. The van der Waals surface area contributed by atoms with Crippen molar-refractivity contribution in [2.75, 3.05) is 6.54 Å². The third kappa shape index (κ3) is 2.27. The molecule has 0 amide bonds. The van der Waals surface area contributed by atoms with E-state index in [2.05, 4.69) is 21.1 Å². The normalized spacial score (nSPS) is 10.5. The lowest BCUT2D eigenvalue weighted by atomic mass is 10.1. The molecule has 0 saturated carbocycles. The Balaban J connectivity index is 2.36. The number of rotatable bonds is 3. The van der Waals surface area contributed by atoms with Gasteiger partial charge in [0, 0.05) is 16.5 Å². The van der Waals surface area contributed by atoms with Crippen molar-refractivity contribution in [3.63, 3.8) is 0 Å². The highest BCUT2D eigenvalue weighted by Crippen LogP contribution is 2.25. The molecule has 0 aliphatic carbocycles. The van der Waals surface area contributed by atoms with Crippen LogP contribution in [0.5, 0.6) is 0 Å². The first-order valence-electron chi connectivity index (χ1n) is 4.71. The maximum absolute atomic E-state index is 5.50. The van der Waals surface area contributed by atoms with Gasteiger partial charge in [-0.15, -0.1) is 0 Å². The van der Waals surface area contributed by atoms with Crippen molar-refractivity contribution < 1.29 is 4.52 Å². The van der Waals surface area contributed by atoms with Gasteiger partial charge >= 0.3 is 0 Å². The van der Waals surface area contributed by atoms with Gasteiger partial charge in [0.25, 0.3) is 0 Å². The van der Waals surface area contributed by atoms with Crippen molar-refractivity contribution >= 4 is 15.9 Å². The Labute approximate surface area is 96.4 Å². The molecule has 1 aromatic carbocycles. The monoisotopic (exact) mass is 266 g/mol. The first-order valence-corrected chi connectivity index (χ1v) is 5.50. The standard InChI is InChI=1S/C11H11BrN2O/c12-9-3-1-8(2-4-9)10-7-14-15-11(10)5-6-13/h1-4,7H,5-6,13H2. The van der Waals surface area contributed by atoms with Crippen LogP contribution in [0.3, 0.4) is 0 Å². The summed E-state index contributed by atoms with van der Waals surface area (Å²) in [5, 5.41) is 3.80. The van der Waals surface area contributed by atoms with Crippen LogP contribution in [0.1, 0.15) is 5.76 Å². The molecule has 0 aliphatic rings. The molecule has 0 saturated heterocycles. The molecular weight excluding hydrogens is 256 g/mol. The molecule has 15 heavy (non-hydrogen) atoms. The van der Waals surface area contributed by atoms with E-state index in [4.69, 9.17) is 10.3 Å². The molecule has 0 radical (unpaired) electrons. The fourth-order valence-corrected chi connectivity index (χ4v) is 1.70. The van der Waals surface area contributed by atoms with Gasteiger partial charge < -0.3 is 10.3 Å².